The molecule has 2 aromatic rings. The molecular weight excluding hydrogens is 186 g/mol. The molecule has 3 nitrogen and oxygen atoms in total. The highest BCUT2D eigenvalue weighted by Gasteiger charge is 1.93. The van der Waals surface area contributed by atoms with E-state index in [0.717, 1.165) is 5.69 Å². The van der Waals surface area contributed by atoms with Gasteiger partial charge in [-0.2, -0.15) is 5.11 Å². The van der Waals surface area contributed by atoms with Gasteiger partial charge in [-0.15, -0.1) is 5.11 Å². The van der Waals surface area contributed by atoms with E-state index in [0.29, 0.717) is 11.4 Å². The van der Waals surface area contributed by atoms with E-state index in [-0.39, 0.29) is 0 Å². The minimum atomic E-state index is 0.636. The predicted octanol–water partition coefficient (Wildman–Crippen LogP) is 3.68. The van der Waals surface area contributed by atoms with Gasteiger partial charge in [0.15, 0.2) is 0 Å². The highest BCUT2D eigenvalue weighted by Crippen LogP contribution is 2.23. The fourth-order valence-electron chi connectivity index (χ4n) is 1.18. The molecular formula is C12H11N3. The summed E-state index contributed by atoms with van der Waals surface area (Å²) in [5, 5.41) is 8.16. The van der Waals surface area contributed by atoms with Crippen molar-refractivity contribution in [3.63, 3.8) is 0 Å². The van der Waals surface area contributed by atoms with Crippen molar-refractivity contribution in [1.29, 1.82) is 0 Å². The molecule has 0 aliphatic heterocycles. The van der Waals surface area contributed by atoms with E-state index < -0.39 is 0 Å². The smallest absolute Gasteiger partial charge is 0.109 e. The number of para-hydroxylation sites is 1. The third kappa shape index (κ3) is 2.40. The molecule has 0 heterocycles. The van der Waals surface area contributed by atoms with Crippen LogP contribution in [0.1, 0.15) is 0 Å². The molecule has 2 N–H and O–H groups in total. The Labute approximate surface area is 88.3 Å². The summed E-state index contributed by atoms with van der Waals surface area (Å²) >= 11 is 0. The predicted molar refractivity (Wildman–Crippen MR) is 61.5 cm³/mol. The van der Waals surface area contributed by atoms with Gasteiger partial charge in [-0.1, -0.05) is 30.3 Å². The van der Waals surface area contributed by atoms with Gasteiger partial charge in [0.1, 0.15) is 5.69 Å². The zero-order chi connectivity index (χ0) is 10.5. The van der Waals surface area contributed by atoms with E-state index >= 15 is 0 Å². The topological polar surface area (TPSA) is 50.7 Å². The van der Waals surface area contributed by atoms with Crippen LogP contribution in [0.15, 0.2) is 64.8 Å². The maximum atomic E-state index is 5.73. The van der Waals surface area contributed by atoms with Crippen molar-refractivity contribution >= 4 is 17.1 Å². The van der Waals surface area contributed by atoms with Crippen LogP contribution in [-0.2, 0) is 0 Å². The molecule has 0 aliphatic carbocycles. The number of nitrogens with zero attached hydrogens (tertiary/aromatic N) is 2. The third-order valence-corrected chi connectivity index (χ3v) is 1.97. The number of azo groups is 1. The quantitative estimate of drug-likeness (QED) is 0.579. The Morgan fingerprint density at radius 1 is 0.733 bits per heavy atom. The van der Waals surface area contributed by atoms with E-state index in [9.17, 15) is 0 Å². The molecule has 0 bridgehead atoms. The van der Waals surface area contributed by atoms with E-state index in [1.807, 2.05) is 48.5 Å². The van der Waals surface area contributed by atoms with Gasteiger partial charge < -0.3 is 5.73 Å². The average molecular weight is 197 g/mol. The van der Waals surface area contributed by atoms with Crippen LogP contribution in [-0.4, -0.2) is 0 Å². The number of rotatable bonds is 2. The standard InChI is InChI=1S/C12H11N3/c13-11-8-4-5-9-12(11)15-14-10-6-2-1-3-7-10/h1-9H,13H2/b15-14+. The average Bonchev–Trinajstić information content (AvgIpc) is 2.29. The van der Waals surface area contributed by atoms with E-state index in [1.165, 1.54) is 0 Å². The first-order valence-electron chi connectivity index (χ1n) is 4.67. The molecule has 0 saturated carbocycles. The van der Waals surface area contributed by atoms with Crippen LogP contribution in [0.4, 0.5) is 17.1 Å². The van der Waals surface area contributed by atoms with Gasteiger partial charge in [0.2, 0.25) is 0 Å². The Morgan fingerprint density at radius 3 is 2.13 bits per heavy atom. The molecule has 2 rings (SSSR count). The first-order valence-corrected chi connectivity index (χ1v) is 4.67. The summed E-state index contributed by atoms with van der Waals surface area (Å²) in [6.07, 6.45) is 0. The van der Waals surface area contributed by atoms with Crippen LogP contribution in [0.2, 0.25) is 0 Å². The summed E-state index contributed by atoms with van der Waals surface area (Å²) in [6.45, 7) is 0. The number of hydrogen-bond acceptors (Lipinski definition) is 3. The summed E-state index contributed by atoms with van der Waals surface area (Å²) in [5.41, 5.74) is 7.88. The van der Waals surface area contributed by atoms with Crippen LogP contribution >= 0.6 is 0 Å². The molecule has 0 fully saturated rings. The van der Waals surface area contributed by atoms with E-state index in [1.54, 1.807) is 6.07 Å². The molecule has 15 heavy (non-hydrogen) atoms. The molecule has 0 spiro atoms. The molecule has 0 atom stereocenters. The fourth-order valence-corrected chi connectivity index (χ4v) is 1.18. The Balaban J connectivity index is 2.23. The summed E-state index contributed by atoms with van der Waals surface area (Å²) in [4.78, 5) is 0. The Morgan fingerprint density at radius 2 is 1.40 bits per heavy atom. The number of nitrogens with two attached hydrogens (primary N) is 1. The second kappa shape index (κ2) is 4.37. The minimum Gasteiger partial charge on any atom is -0.397 e. The molecule has 2 aromatic carbocycles. The van der Waals surface area contributed by atoms with E-state index in [4.69, 9.17) is 5.73 Å². The van der Waals surface area contributed by atoms with Crippen LogP contribution in [0.3, 0.4) is 0 Å². The lowest BCUT2D eigenvalue weighted by molar-refractivity contribution is 1.23. The van der Waals surface area contributed by atoms with Gasteiger partial charge in [-0.25, -0.2) is 0 Å². The lowest BCUT2D eigenvalue weighted by atomic mass is 10.3. The second-order valence-corrected chi connectivity index (χ2v) is 3.09. The molecule has 3 heteroatoms. The zero-order valence-corrected chi connectivity index (χ0v) is 8.17. The van der Waals surface area contributed by atoms with Crippen molar-refractivity contribution in [1.82, 2.24) is 0 Å². The Hall–Kier alpha value is -2.16. The third-order valence-electron chi connectivity index (χ3n) is 1.97. The normalized spacial score (nSPS) is 10.7. The van der Waals surface area contributed by atoms with Crippen LogP contribution in [0.25, 0.3) is 0 Å². The van der Waals surface area contributed by atoms with Crippen molar-refractivity contribution in [3.8, 4) is 0 Å². The number of hydrogen-bond donors (Lipinski definition) is 1. The lowest BCUT2D eigenvalue weighted by Crippen LogP contribution is -1.82. The largest absolute Gasteiger partial charge is 0.397 e. The van der Waals surface area contributed by atoms with Gasteiger partial charge >= 0.3 is 0 Å². The Bertz CT molecular complexity index is 463. The fraction of sp³-hybridized carbons (Fsp3) is 0. The van der Waals surface area contributed by atoms with Crippen molar-refractivity contribution < 1.29 is 0 Å². The molecule has 74 valence electrons. The summed E-state index contributed by atoms with van der Waals surface area (Å²) in [5.74, 6) is 0. The van der Waals surface area contributed by atoms with Gasteiger partial charge in [-0.3, -0.25) is 0 Å². The molecule has 0 saturated heterocycles. The number of nitrogen functional groups attached to an aromatic ring is 1. The van der Waals surface area contributed by atoms with Crippen LogP contribution < -0.4 is 5.73 Å². The number of anilines is 1. The van der Waals surface area contributed by atoms with Crippen molar-refractivity contribution in [3.05, 3.63) is 54.6 Å². The van der Waals surface area contributed by atoms with Crippen LogP contribution in [0, 0.1) is 0 Å². The highest BCUT2D eigenvalue weighted by molar-refractivity contribution is 5.61. The molecule has 0 radical (unpaired) electrons. The lowest BCUT2D eigenvalue weighted by Gasteiger charge is -1.96. The van der Waals surface area contributed by atoms with Gasteiger partial charge in [0.05, 0.1) is 11.4 Å². The maximum absolute atomic E-state index is 5.73. The SMILES string of the molecule is Nc1ccccc1/N=N/c1ccccc1. The first kappa shape index (κ1) is 9.40. The number of benzene rings is 2. The monoisotopic (exact) mass is 197 g/mol. The summed E-state index contributed by atoms with van der Waals surface area (Å²) in [7, 11) is 0. The van der Waals surface area contributed by atoms with Crippen LogP contribution in [0.5, 0.6) is 0 Å². The second-order valence-electron chi connectivity index (χ2n) is 3.09. The summed E-state index contributed by atoms with van der Waals surface area (Å²) in [6, 6.07) is 17.0. The van der Waals surface area contributed by atoms with Crippen molar-refractivity contribution in [2.75, 3.05) is 5.73 Å². The van der Waals surface area contributed by atoms with Gasteiger partial charge in [0, 0.05) is 0 Å². The Kier molecular flexibility index (Phi) is 2.74. The highest BCUT2D eigenvalue weighted by atomic mass is 15.1. The molecule has 0 unspecified atom stereocenters. The minimum absolute atomic E-state index is 0.636. The van der Waals surface area contributed by atoms with Gasteiger partial charge in [-0.05, 0) is 24.3 Å². The van der Waals surface area contributed by atoms with Gasteiger partial charge in [0.25, 0.3) is 0 Å². The van der Waals surface area contributed by atoms with Crippen molar-refractivity contribution in [2.24, 2.45) is 10.2 Å². The molecule has 0 aromatic heterocycles. The zero-order valence-electron chi connectivity index (χ0n) is 8.17. The van der Waals surface area contributed by atoms with E-state index in [2.05, 4.69) is 10.2 Å². The summed E-state index contributed by atoms with van der Waals surface area (Å²) < 4.78 is 0. The molecule has 0 amide bonds. The maximum Gasteiger partial charge on any atom is 0.109 e. The van der Waals surface area contributed by atoms with Crippen molar-refractivity contribution in [2.45, 2.75) is 0 Å². The first-order chi connectivity index (χ1) is 7.36. The molecule has 0 aliphatic rings.